The van der Waals surface area contributed by atoms with Gasteiger partial charge in [-0.25, -0.2) is 4.39 Å². The molecule has 0 aliphatic rings. The van der Waals surface area contributed by atoms with E-state index in [-0.39, 0.29) is 29.3 Å². The Balaban J connectivity index is 1.89. The van der Waals surface area contributed by atoms with E-state index in [9.17, 15) is 27.5 Å². The first-order valence-corrected chi connectivity index (χ1v) is 7.20. The van der Waals surface area contributed by atoms with Crippen LogP contribution in [-0.4, -0.2) is 10.1 Å². The van der Waals surface area contributed by atoms with Crippen LogP contribution < -0.4 is 10.7 Å². The van der Waals surface area contributed by atoms with E-state index in [0.29, 0.717) is 17.0 Å². The number of halogens is 4. The zero-order chi connectivity index (χ0) is 18.2. The number of fused-ring (bicyclic) bond motifs is 1. The Kier molecular flexibility index (Phi) is 4.12. The number of benzene rings is 2. The van der Waals surface area contributed by atoms with Gasteiger partial charge in [-0.05, 0) is 18.2 Å². The third-order valence-corrected chi connectivity index (χ3v) is 3.73. The van der Waals surface area contributed by atoms with Crippen molar-refractivity contribution in [2.75, 3.05) is 5.32 Å². The van der Waals surface area contributed by atoms with Crippen molar-refractivity contribution >= 4 is 16.6 Å². The average Bonchev–Trinajstić information content (AvgIpc) is 2.56. The van der Waals surface area contributed by atoms with Crippen LogP contribution in [0.4, 0.5) is 23.2 Å². The van der Waals surface area contributed by atoms with E-state index in [2.05, 4.69) is 10.3 Å². The van der Waals surface area contributed by atoms with Crippen LogP contribution >= 0.6 is 0 Å². The van der Waals surface area contributed by atoms with Crippen LogP contribution in [0.3, 0.4) is 0 Å². The molecule has 0 unspecified atom stereocenters. The first-order chi connectivity index (χ1) is 11.8. The molecule has 2 aromatic carbocycles. The van der Waals surface area contributed by atoms with Crippen LogP contribution in [0.25, 0.3) is 10.9 Å². The molecule has 0 bridgehead atoms. The summed E-state index contributed by atoms with van der Waals surface area (Å²) in [6.45, 7) is -0.123. The summed E-state index contributed by atoms with van der Waals surface area (Å²) in [5.74, 6) is -2.27. The number of aromatic hydroxyl groups is 1. The zero-order valence-corrected chi connectivity index (χ0v) is 12.6. The Hall–Kier alpha value is -3.03. The number of hydrogen-bond acceptors (Lipinski definition) is 3. The van der Waals surface area contributed by atoms with Gasteiger partial charge in [-0.3, -0.25) is 4.79 Å². The molecule has 0 amide bonds. The lowest BCUT2D eigenvalue weighted by Gasteiger charge is -2.13. The van der Waals surface area contributed by atoms with Gasteiger partial charge in [0.25, 0.3) is 0 Å². The number of anilines is 1. The first-order valence-electron chi connectivity index (χ1n) is 7.20. The fourth-order valence-electron chi connectivity index (χ4n) is 2.46. The predicted octanol–water partition coefficient (Wildman–Crippen LogP) is 4.00. The Morgan fingerprint density at radius 1 is 1.16 bits per heavy atom. The smallest absolute Gasteiger partial charge is 0.420 e. The summed E-state index contributed by atoms with van der Waals surface area (Å²) >= 11 is 0. The number of nitrogens with one attached hydrogen (secondary N) is 2. The van der Waals surface area contributed by atoms with Gasteiger partial charge in [0.15, 0.2) is 5.43 Å². The highest BCUT2D eigenvalue weighted by molar-refractivity contribution is 5.78. The van der Waals surface area contributed by atoms with Crippen LogP contribution in [-0.2, 0) is 12.7 Å². The van der Waals surface area contributed by atoms with Crippen molar-refractivity contribution in [1.82, 2.24) is 4.98 Å². The molecule has 1 heterocycles. The highest BCUT2D eigenvalue weighted by atomic mass is 19.4. The van der Waals surface area contributed by atoms with E-state index in [1.807, 2.05) is 0 Å². The van der Waals surface area contributed by atoms with Gasteiger partial charge in [0.2, 0.25) is 0 Å². The van der Waals surface area contributed by atoms with Crippen LogP contribution in [0.5, 0.6) is 5.75 Å². The number of alkyl halides is 3. The normalized spacial score (nSPS) is 11.7. The monoisotopic (exact) mass is 352 g/mol. The van der Waals surface area contributed by atoms with Gasteiger partial charge in [-0.1, -0.05) is 12.1 Å². The summed E-state index contributed by atoms with van der Waals surface area (Å²) in [6.07, 6.45) is -3.42. The summed E-state index contributed by atoms with van der Waals surface area (Å²) < 4.78 is 51.7. The molecule has 1 aromatic heterocycles. The number of pyridine rings is 1. The molecule has 25 heavy (non-hydrogen) atoms. The zero-order valence-electron chi connectivity index (χ0n) is 12.6. The Labute approximate surface area is 138 Å². The SMILES string of the molecule is O=c1c(CNc2cc(O)c(C(F)(F)F)cc2F)c[nH]c2ccccc12. The number of para-hydroxylation sites is 1. The Morgan fingerprint density at radius 3 is 2.60 bits per heavy atom. The fourth-order valence-corrected chi connectivity index (χ4v) is 2.46. The summed E-state index contributed by atoms with van der Waals surface area (Å²) in [5, 5.41) is 12.4. The molecule has 0 saturated carbocycles. The van der Waals surface area contributed by atoms with Gasteiger partial charge < -0.3 is 15.4 Å². The van der Waals surface area contributed by atoms with Gasteiger partial charge in [-0.15, -0.1) is 0 Å². The van der Waals surface area contributed by atoms with Gasteiger partial charge in [0, 0.05) is 35.3 Å². The van der Waals surface area contributed by atoms with E-state index in [1.165, 1.54) is 6.20 Å². The minimum Gasteiger partial charge on any atom is -0.507 e. The largest absolute Gasteiger partial charge is 0.507 e. The van der Waals surface area contributed by atoms with Crippen molar-refractivity contribution in [3.63, 3.8) is 0 Å². The summed E-state index contributed by atoms with van der Waals surface area (Å²) in [5.41, 5.74) is -1.16. The number of aromatic nitrogens is 1. The molecule has 0 atom stereocenters. The molecule has 8 heteroatoms. The topological polar surface area (TPSA) is 65.1 Å². The summed E-state index contributed by atoms with van der Waals surface area (Å²) in [4.78, 5) is 15.3. The standard InChI is InChI=1S/C17H12F4N2O2/c18-12-5-11(17(19,20)21)15(24)6-14(12)23-8-9-7-22-13-4-2-1-3-10(13)16(9)25/h1-7,23-24H,8H2,(H,22,25). The lowest BCUT2D eigenvalue weighted by molar-refractivity contribution is -0.138. The lowest BCUT2D eigenvalue weighted by Crippen LogP contribution is -2.14. The van der Waals surface area contributed by atoms with Gasteiger partial charge in [-0.2, -0.15) is 13.2 Å². The van der Waals surface area contributed by atoms with Crippen molar-refractivity contribution in [3.05, 3.63) is 69.8 Å². The maximum atomic E-state index is 13.9. The van der Waals surface area contributed by atoms with Crippen LogP contribution in [0.15, 0.2) is 47.4 Å². The molecule has 3 aromatic rings. The molecular formula is C17H12F4N2O2. The van der Waals surface area contributed by atoms with Crippen molar-refractivity contribution < 1.29 is 22.7 Å². The van der Waals surface area contributed by atoms with Crippen molar-refractivity contribution in [1.29, 1.82) is 0 Å². The van der Waals surface area contributed by atoms with E-state index >= 15 is 0 Å². The van der Waals surface area contributed by atoms with E-state index < -0.39 is 23.3 Å². The van der Waals surface area contributed by atoms with E-state index in [1.54, 1.807) is 24.3 Å². The number of aromatic amines is 1. The quantitative estimate of drug-likeness (QED) is 0.624. The van der Waals surface area contributed by atoms with Crippen molar-refractivity contribution in [2.24, 2.45) is 0 Å². The number of phenols is 1. The first kappa shape index (κ1) is 16.8. The molecule has 3 N–H and O–H groups in total. The van der Waals surface area contributed by atoms with Crippen molar-refractivity contribution in [3.8, 4) is 5.75 Å². The molecule has 0 aliphatic heterocycles. The fraction of sp³-hybridized carbons (Fsp3) is 0.118. The molecule has 4 nitrogen and oxygen atoms in total. The highest BCUT2D eigenvalue weighted by Crippen LogP contribution is 2.38. The maximum Gasteiger partial charge on any atom is 0.420 e. The molecule has 130 valence electrons. The Bertz CT molecular complexity index is 996. The van der Waals surface area contributed by atoms with Crippen molar-refractivity contribution in [2.45, 2.75) is 12.7 Å². The van der Waals surface area contributed by atoms with Gasteiger partial charge in [0.1, 0.15) is 17.1 Å². The van der Waals surface area contributed by atoms with Crippen LogP contribution in [0.2, 0.25) is 0 Å². The van der Waals surface area contributed by atoms with E-state index in [0.717, 1.165) is 0 Å². The summed E-state index contributed by atoms with van der Waals surface area (Å²) in [7, 11) is 0. The highest BCUT2D eigenvalue weighted by Gasteiger charge is 2.35. The molecule has 3 rings (SSSR count). The second kappa shape index (κ2) is 6.12. The maximum absolute atomic E-state index is 13.9. The molecule has 0 aliphatic carbocycles. The Morgan fingerprint density at radius 2 is 1.88 bits per heavy atom. The minimum absolute atomic E-state index is 0.123. The third-order valence-electron chi connectivity index (χ3n) is 3.73. The molecular weight excluding hydrogens is 340 g/mol. The van der Waals surface area contributed by atoms with Crippen LogP contribution in [0.1, 0.15) is 11.1 Å². The molecule has 0 saturated heterocycles. The second-order valence-electron chi connectivity index (χ2n) is 5.39. The second-order valence-corrected chi connectivity index (χ2v) is 5.39. The number of phenolic OH excluding ortho intramolecular Hbond substituents is 1. The van der Waals surface area contributed by atoms with E-state index in [4.69, 9.17) is 0 Å². The van der Waals surface area contributed by atoms with Gasteiger partial charge in [0.05, 0.1) is 5.69 Å². The predicted molar refractivity (Wildman–Crippen MR) is 85.0 cm³/mol. The number of H-pyrrole nitrogens is 1. The lowest BCUT2D eigenvalue weighted by atomic mass is 10.1. The summed E-state index contributed by atoms with van der Waals surface area (Å²) in [6, 6.07) is 7.66. The van der Waals surface area contributed by atoms with Crippen LogP contribution in [0, 0.1) is 5.82 Å². The van der Waals surface area contributed by atoms with Gasteiger partial charge >= 0.3 is 6.18 Å². The number of hydrogen-bond donors (Lipinski definition) is 3. The molecule has 0 radical (unpaired) electrons. The molecule has 0 spiro atoms. The average molecular weight is 352 g/mol. The third kappa shape index (κ3) is 3.28. The molecule has 0 fully saturated rings. The number of rotatable bonds is 3. The minimum atomic E-state index is -4.86.